The molecular formula is C17H27NO2S. The largest absolute Gasteiger partial charge is 0.481 e. The van der Waals surface area contributed by atoms with Crippen molar-refractivity contribution in [2.75, 3.05) is 12.3 Å². The van der Waals surface area contributed by atoms with Gasteiger partial charge in [0.05, 0.1) is 0 Å². The average Bonchev–Trinajstić information content (AvgIpc) is 2.42. The number of para-hydroxylation sites is 1. The van der Waals surface area contributed by atoms with Crippen LogP contribution in [-0.4, -0.2) is 29.1 Å². The Bertz CT molecular complexity index is 454. The van der Waals surface area contributed by atoms with Crippen molar-refractivity contribution in [1.29, 1.82) is 0 Å². The van der Waals surface area contributed by atoms with Crippen LogP contribution in [0.15, 0.2) is 24.3 Å². The molecule has 0 bridgehead atoms. The quantitative estimate of drug-likeness (QED) is 0.781. The van der Waals surface area contributed by atoms with Crippen LogP contribution in [0.2, 0.25) is 0 Å². The lowest BCUT2D eigenvalue weighted by Crippen LogP contribution is -2.37. The summed E-state index contributed by atoms with van der Waals surface area (Å²) >= 11 is 1.84. The van der Waals surface area contributed by atoms with Crippen molar-refractivity contribution in [2.24, 2.45) is 0 Å². The molecule has 0 unspecified atom stereocenters. The van der Waals surface area contributed by atoms with Gasteiger partial charge in [0.15, 0.2) is 6.10 Å². The number of ether oxygens (including phenoxy) is 1. The molecule has 0 heterocycles. The van der Waals surface area contributed by atoms with E-state index in [1.165, 1.54) is 0 Å². The lowest BCUT2D eigenvalue weighted by molar-refractivity contribution is -0.127. The molecule has 0 saturated carbocycles. The molecule has 1 amide bonds. The van der Waals surface area contributed by atoms with Gasteiger partial charge in [0, 0.05) is 17.0 Å². The number of hydrogen-bond acceptors (Lipinski definition) is 3. The number of benzene rings is 1. The summed E-state index contributed by atoms with van der Waals surface area (Å²) in [5, 5.41) is 2.93. The predicted octanol–water partition coefficient (Wildman–Crippen LogP) is 3.66. The van der Waals surface area contributed by atoms with Gasteiger partial charge in [-0.1, -0.05) is 45.9 Å². The topological polar surface area (TPSA) is 38.3 Å². The monoisotopic (exact) mass is 309 g/mol. The van der Waals surface area contributed by atoms with E-state index in [0.717, 1.165) is 23.5 Å². The molecule has 1 aromatic carbocycles. The Labute approximate surface area is 132 Å². The minimum atomic E-state index is -0.475. The second-order valence-corrected chi connectivity index (χ2v) is 7.89. The summed E-state index contributed by atoms with van der Waals surface area (Å²) in [6.07, 6.45) is 0.421. The first kappa shape index (κ1) is 17.9. The fourth-order valence-corrected chi connectivity index (χ4v) is 2.65. The lowest BCUT2D eigenvalue weighted by Gasteiger charge is -2.19. The maximum atomic E-state index is 12.0. The molecule has 1 aromatic rings. The fourth-order valence-electron chi connectivity index (χ4n) is 1.83. The van der Waals surface area contributed by atoms with Crippen molar-refractivity contribution in [3.05, 3.63) is 29.8 Å². The standard InChI is InChI=1S/C17H27NO2S/c1-6-14-9-7-8-10-15(14)20-13(2)16(19)18-11-12-21-17(3,4)5/h7-10,13H,6,11-12H2,1-5H3,(H,18,19)/t13-/m1/s1. The Kier molecular flexibility index (Phi) is 7.09. The molecule has 1 atom stereocenters. The fraction of sp³-hybridized carbons (Fsp3) is 0.588. The Balaban J connectivity index is 2.41. The molecule has 0 saturated heterocycles. The van der Waals surface area contributed by atoms with E-state index in [1.54, 1.807) is 6.92 Å². The Morgan fingerprint density at radius 1 is 1.33 bits per heavy atom. The van der Waals surface area contributed by atoms with Crippen LogP contribution in [0.4, 0.5) is 0 Å². The van der Waals surface area contributed by atoms with E-state index in [4.69, 9.17) is 4.74 Å². The molecule has 1 N–H and O–H groups in total. The molecule has 0 aliphatic carbocycles. The van der Waals surface area contributed by atoms with E-state index in [1.807, 2.05) is 36.0 Å². The Morgan fingerprint density at radius 3 is 2.62 bits per heavy atom. The van der Waals surface area contributed by atoms with Crippen LogP contribution in [0, 0.1) is 0 Å². The van der Waals surface area contributed by atoms with Gasteiger partial charge in [0.25, 0.3) is 5.91 Å². The highest BCUT2D eigenvalue weighted by Crippen LogP contribution is 2.22. The Morgan fingerprint density at radius 2 is 2.00 bits per heavy atom. The van der Waals surface area contributed by atoms with Gasteiger partial charge in [0.2, 0.25) is 0 Å². The SMILES string of the molecule is CCc1ccccc1O[C@H](C)C(=O)NCCSC(C)(C)C. The summed E-state index contributed by atoms with van der Waals surface area (Å²) in [6, 6.07) is 7.86. The van der Waals surface area contributed by atoms with E-state index in [9.17, 15) is 4.79 Å². The number of hydrogen-bond donors (Lipinski definition) is 1. The third kappa shape index (κ3) is 6.89. The first-order valence-electron chi connectivity index (χ1n) is 7.49. The molecule has 21 heavy (non-hydrogen) atoms. The summed E-state index contributed by atoms with van der Waals surface area (Å²) in [5.74, 6) is 1.65. The van der Waals surface area contributed by atoms with Gasteiger partial charge in [0.1, 0.15) is 5.75 Å². The van der Waals surface area contributed by atoms with E-state index in [-0.39, 0.29) is 10.7 Å². The average molecular weight is 309 g/mol. The van der Waals surface area contributed by atoms with Crippen molar-refractivity contribution < 1.29 is 9.53 Å². The lowest BCUT2D eigenvalue weighted by atomic mass is 10.1. The number of carbonyl (C=O) groups is 1. The van der Waals surface area contributed by atoms with Crippen LogP contribution >= 0.6 is 11.8 Å². The molecule has 0 radical (unpaired) electrons. The van der Waals surface area contributed by atoms with E-state index in [0.29, 0.717) is 6.54 Å². The first-order valence-corrected chi connectivity index (χ1v) is 8.48. The van der Waals surface area contributed by atoms with Crippen LogP contribution in [0.3, 0.4) is 0 Å². The minimum Gasteiger partial charge on any atom is -0.481 e. The molecule has 118 valence electrons. The molecule has 0 fully saturated rings. The number of nitrogens with one attached hydrogen (secondary N) is 1. The van der Waals surface area contributed by atoms with Crippen LogP contribution in [0.1, 0.15) is 40.2 Å². The molecule has 1 rings (SSSR count). The van der Waals surface area contributed by atoms with E-state index >= 15 is 0 Å². The number of amides is 1. The second-order valence-electron chi connectivity index (χ2n) is 5.97. The van der Waals surface area contributed by atoms with Gasteiger partial charge in [-0.2, -0.15) is 11.8 Å². The number of rotatable bonds is 7. The number of aryl methyl sites for hydroxylation is 1. The highest BCUT2D eigenvalue weighted by molar-refractivity contribution is 8.00. The molecule has 0 aliphatic heterocycles. The summed E-state index contributed by atoms with van der Waals surface area (Å²) < 4.78 is 6.01. The zero-order valence-electron chi connectivity index (χ0n) is 13.7. The highest BCUT2D eigenvalue weighted by Gasteiger charge is 2.16. The summed E-state index contributed by atoms with van der Waals surface area (Å²) in [4.78, 5) is 12.0. The van der Waals surface area contributed by atoms with Gasteiger partial charge in [-0.25, -0.2) is 0 Å². The third-order valence-electron chi connectivity index (χ3n) is 2.96. The van der Waals surface area contributed by atoms with Crippen LogP contribution in [0.25, 0.3) is 0 Å². The van der Waals surface area contributed by atoms with Crippen molar-refractivity contribution in [2.45, 2.75) is 51.9 Å². The maximum absolute atomic E-state index is 12.0. The Hall–Kier alpha value is -1.16. The molecule has 4 heteroatoms. The minimum absolute atomic E-state index is 0.0598. The van der Waals surface area contributed by atoms with Crippen LogP contribution < -0.4 is 10.1 Å². The van der Waals surface area contributed by atoms with Gasteiger partial charge >= 0.3 is 0 Å². The van der Waals surface area contributed by atoms with Gasteiger partial charge in [-0.3, -0.25) is 4.79 Å². The normalized spacial score (nSPS) is 12.8. The molecular weight excluding hydrogens is 282 g/mol. The molecule has 0 aliphatic rings. The van der Waals surface area contributed by atoms with Crippen LogP contribution in [-0.2, 0) is 11.2 Å². The van der Waals surface area contributed by atoms with E-state index < -0.39 is 6.10 Å². The molecule has 0 aromatic heterocycles. The smallest absolute Gasteiger partial charge is 0.260 e. The third-order valence-corrected chi connectivity index (χ3v) is 4.24. The zero-order valence-corrected chi connectivity index (χ0v) is 14.5. The second kappa shape index (κ2) is 8.32. The van der Waals surface area contributed by atoms with Crippen molar-refractivity contribution >= 4 is 17.7 Å². The summed E-state index contributed by atoms with van der Waals surface area (Å²) in [7, 11) is 0. The van der Waals surface area contributed by atoms with E-state index in [2.05, 4.69) is 33.0 Å². The van der Waals surface area contributed by atoms with Gasteiger partial charge < -0.3 is 10.1 Å². The summed E-state index contributed by atoms with van der Waals surface area (Å²) in [6.45, 7) is 11.1. The van der Waals surface area contributed by atoms with Gasteiger partial charge in [-0.15, -0.1) is 0 Å². The molecule has 0 spiro atoms. The summed E-state index contributed by atoms with van der Waals surface area (Å²) in [5.41, 5.74) is 1.13. The van der Waals surface area contributed by atoms with Crippen molar-refractivity contribution in [3.8, 4) is 5.75 Å². The van der Waals surface area contributed by atoms with Crippen molar-refractivity contribution in [1.82, 2.24) is 5.32 Å². The first-order chi connectivity index (χ1) is 9.83. The number of carbonyl (C=O) groups excluding carboxylic acids is 1. The number of thioether (sulfide) groups is 1. The predicted molar refractivity (Wildman–Crippen MR) is 91.1 cm³/mol. The zero-order chi connectivity index (χ0) is 15.9. The van der Waals surface area contributed by atoms with Gasteiger partial charge in [-0.05, 0) is 25.0 Å². The van der Waals surface area contributed by atoms with Crippen molar-refractivity contribution in [3.63, 3.8) is 0 Å². The van der Waals surface area contributed by atoms with Crippen LogP contribution in [0.5, 0.6) is 5.75 Å². The highest BCUT2D eigenvalue weighted by atomic mass is 32.2. The molecule has 3 nitrogen and oxygen atoms in total. The maximum Gasteiger partial charge on any atom is 0.260 e.